The number of rotatable bonds is 6. The largest absolute Gasteiger partial charge is 0.425 e. The van der Waals surface area contributed by atoms with Gasteiger partial charge in [0, 0.05) is 0 Å². The zero-order valence-electron chi connectivity index (χ0n) is 17.7. The molecule has 0 saturated heterocycles. The molecule has 9 nitrogen and oxygen atoms in total. The Balaban J connectivity index is 4.35. The molecular weight excluding hydrogens is 597 g/mol. The Bertz CT molecular complexity index is 1060. The quantitative estimate of drug-likeness (QED) is 0.219. The molecule has 1 heterocycles. The molecule has 0 radical (unpaired) electrons. The van der Waals surface area contributed by atoms with Gasteiger partial charge in [-0.2, -0.15) is 12.6 Å². The maximum Gasteiger partial charge on any atom is 0.425 e. The highest BCUT2D eigenvalue weighted by Crippen LogP contribution is 2.83. The first-order valence-electron chi connectivity index (χ1n) is 8.64. The van der Waals surface area contributed by atoms with E-state index in [-0.39, 0.29) is 0 Å². The molecule has 1 aliphatic heterocycles. The van der Waals surface area contributed by atoms with Gasteiger partial charge in [0.2, 0.25) is 0 Å². The highest BCUT2D eigenvalue weighted by atomic mass is 31.3. The average molecular weight is 618 g/mol. The Labute approximate surface area is 185 Å². The third-order valence-corrected chi connectivity index (χ3v) is 14.9. The van der Waals surface area contributed by atoms with Crippen LogP contribution < -0.4 is 0 Å². The van der Waals surface area contributed by atoms with E-state index in [1.165, 1.54) is 0 Å². The Morgan fingerprint density at radius 2 is 0.636 bits per heavy atom. The highest BCUT2D eigenvalue weighted by Gasteiger charge is 2.42. The van der Waals surface area contributed by atoms with Crippen LogP contribution in [-0.4, -0.2) is 18.3 Å². The lowest BCUT2D eigenvalue weighted by Crippen LogP contribution is -2.00. The summed E-state index contributed by atoms with van der Waals surface area (Å²) in [5.74, 6) is 0. The van der Waals surface area contributed by atoms with Crippen molar-refractivity contribution in [3.8, 4) is 0 Å². The first kappa shape index (κ1) is 31.7. The predicted octanol–water partition coefficient (Wildman–Crippen LogP) is 12.7. The van der Waals surface area contributed by atoms with Crippen molar-refractivity contribution in [1.29, 1.82) is 0 Å². The van der Waals surface area contributed by atoms with Crippen LogP contribution in [0, 0.1) is 0 Å². The zero-order valence-corrected chi connectivity index (χ0v) is 23.1. The van der Waals surface area contributed by atoms with Gasteiger partial charge in [-0.3, -0.25) is 0 Å². The third-order valence-electron chi connectivity index (χ3n) is 2.34. The van der Waals surface area contributed by atoms with Gasteiger partial charge in [0.05, 0.1) is 18.3 Å². The first-order chi connectivity index (χ1) is 14.5. The van der Waals surface area contributed by atoms with Crippen LogP contribution in [0.5, 0.6) is 0 Å². The molecule has 0 amide bonds. The molecular formula is C9H21F9N6O3P6. The summed E-state index contributed by atoms with van der Waals surface area (Å²) in [4.78, 5) is 0. The summed E-state index contributed by atoms with van der Waals surface area (Å²) >= 11 is 0. The molecule has 3 atom stereocenters. The predicted molar refractivity (Wildman–Crippen MR) is 115 cm³/mol. The van der Waals surface area contributed by atoms with Gasteiger partial charge in [-0.15, -0.1) is 52.3 Å². The van der Waals surface area contributed by atoms with Crippen molar-refractivity contribution in [2.45, 2.75) is 59.9 Å². The summed E-state index contributed by atoms with van der Waals surface area (Å²) in [6, 6.07) is 0. The van der Waals surface area contributed by atoms with E-state index in [4.69, 9.17) is 0 Å². The molecule has 33 heavy (non-hydrogen) atoms. The fourth-order valence-corrected chi connectivity index (χ4v) is 13.6. The second-order valence-corrected chi connectivity index (χ2v) is 17.3. The van der Waals surface area contributed by atoms with Gasteiger partial charge in [-0.05, 0) is 41.5 Å². The van der Waals surface area contributed by atoms with E-state index < -0.39 is 65.0 Å². The molecule has 0 fully saturated rings. The van der Waals surface area contributed by atoms with E-state index >= 15 is 12.6 Å². The maximum absolute atomic E-state index is 15.5. The zero-order chi connectivity index (χ0) is 26.1. The van der Waals surface area contributed by atoms with Crippen molar-refractivity contribution in [2.75, 3.05) is 0 Å². The van der Waals surface area contributed by atoms with Crippen LogP contribution in [0.25, 0.3) is 0 Å². The summed E-state index contributed by atoms with van der Waals surface area (Å²) in [7, 11) is -38.2. The van der Waals surface area contributed by atoms with Gasteiger partial charge in [-0.25, -0.2) is 0 Å². The number of halogens is 9. The lowest BCUT2D eigenvalue weighted by molar-refractivity contribution is 0.239. The van der Waals surface area contributed by atoms with Gasteiger partial charge >= 0.3 is 46.7 Å². The highest BCUT2D eigenvalue weighted by molar-refractivity contribution is 7.78. The first-order valence-corrected chi connectivity index (χ1v) is 17.6. The molecule has 0 N–H and O–H groups in total. The number of hydrogen-bond donors (Lipinski definition) is 0. The molecule has 0 bridgehead atoms. The van der Waals surface area contributed by atoms with Crippen molar-refractivity contribution in [2.24, 2.45) is 27.1 Å². The molecule has 1 aliphatic rings. The third kappa shape index (κ3) is 11.5. The van der Waals surface area contributed by atoms with Crippen molar-refractivity contribution in [3.05, 3.63) is 0 Å². The minimum atomic E-state index is -6.91. The van der Waals surface area contributed by atoms with Gasteiger partial charge < -0.3 is 13.6 Å². The lowest BCUT2D eigenvalue weighted by Gasteiger charge is -2.22. The van der Waals surface area contributed by atoms with Crippen molar-refractivity contribution < 1.29 is 51.3 Å². The molecule has 1 rings (SSSR count). The molecule has 0 aromatic carbocycles. The van der Waals surface area contributed by atoms with E-state index in [0.29, 0.717) is 0 Å². The van der Waals surface area contributed by atoms with Gasteiger partial charge in [0.25, 0.3) is 0 Å². The van der Waals surface area contributed by atoms with E-state index in [0.717, 1.165) is 41.5 Å². The number of nitrogens with zero attached hydrogens (tertiary/aromatic N) is 6. The molecule has 198 valence electrons. The van der Waals surface area contributed by atoms with E-state index in [1.807, 2.05) is 0 Å². The maximum atomic E-state index is 15.5. The monoisotopic (exact) mass is 618 g/mol. The summed E-state index contributed by atoms with van der Waals surface area (Å²) in [5, 5.41) is 0. The average Bonchev–Trinajstić information content (AvgIpc) is 2.34. The lowest BCUT2D eigenvalue weighted by atomic mass is 10.5. The normalized spacial score (nSPS) is 34.0. The van der Waals surface area contributed by atoms with Crippen LogP contribution in [0.1, 0.15) is 41.5 Å². The molecule has 24 heteroatoms. The summed E-state index contributed by atoms with van der Waals surface area (Å²) in [6.45, 7) is 6.58. The fraction of sp³-hybridized carbons (Fsp3) is 1.00. The summed E-state index contributed by atoms with van der Waals surface area (Å²) in [6.07, 6.45) is -3.89. The Kier molecular flexibility index (Phi) is 10.5. The Hall–Kier alpha value is 0.630. The standard InChI is InChI=1S/C9H21F9N6O3P6/c1-7(2)25-31(16)21-29(12,13)19-28(10,11)20-30(14,15)22-32(17,26-8(3)4)24-33(18,23-31)27-9(5)6/h7-9H,1-6H3. The van der Waals surface area contributed by atoms with Crippen LogP contribution in [-0.2, 0) is 13.6 Å². The summed E-state index contributed by atoms with van der Waals surface area (Å²) in [5.41, 5.74) is 0. The SMILES string of the molecule is CC(C)OP1(F)=NP(F)(F)=NP(F)(F)=NP(F)(F)=NP(F)(OC(C)C)=NP(F)(OC(C)C)=N1. The molecule has 0 saturated carbocycles. The Morgan fingerprint density at radius 1 is 0.394 bits per heavy atom. The molecule has 0 aromatic heterocycles. The van der Waals surface area contributed by atoms with Gasteiger partial charge in [0.1, 0.15) is 0 Å². The van der Waals surface area contributed by atoms with Crippen molar-refractivity contribution in [3.63, 3.8) is 0 Å². The second-order valence-electron chi connectivity index (χ2n) is 6.79. The van der Waals surface area contributed by atoms with Crippen molar-refractivity contribution >= 4 is 46.7 Å². The van der Waals surface area contributed by atoms with E-state index in [2.05, 4.69) is 31.6 Å². The molecule has 0 aliphatic carbocycles. The molecule has 3 unspecified atom stereocenters. The Morgan fingerprint density at radius 3 is 0.970 bits per heavy atom. The topological polar surface area (TPSA) is 102 Å². The second kappa shape index (κ2) is 10.9. The van der Waals surface area contributed by atoms with Crippen LogP contribution in [0.4, 0.5) is 37.8 Å². The van der Waals surface area contributed by atoms with Gasteiger partial charge in [0.15, 0.2) is 0 Å². The number of hydrogen-bond acceptors (Lipinski definition) is 9. The minimum absolute atomic E-state index is 1.08. The smallest absolute Gasteiger partial charge is 0.300 e. The minimum Gasteiger partial charge on any atom is -0.300 e. The van der Waals surface area contributed by atoms with Crippen LogP contribution in [0.3, 0.4) is 0 Å². The fourth-order valence-electron chi connectivity index (χ4n) is 1.84. The van der Waals surface area contributed by atoms with Crippen LogP contribution in [0.15, 0.2) is 27.1 Å². The molecule has 0 spiro atoms. The van der Waals surface area contributed by atoms with Crippen molar-refractivity contribution in [1.82, 2.24) is 0 Å². The van der Waals surface area contributed by atoms with Gasteiger partial charge in [-0.1, -0.05) is 0 Å². The van der Waals surface area contributed by atoms with E-state index in [1.54, 1.807) is 9.03 Å². The van der Waals surface area contributed by atoms with Crippen LogP contribution in [0.2, 0.25) is 0 Å². The molecule has 0 aromatic rings. The van der Waals surface area contributed by atoms with E-state index in [9.17, 15) is 25.2 Å². The van der Waals surface area contributed by atoms with Crippen LogP contribution >= 0.6 is 46.7 Å². The summed E-state index contributed by atoms with van der Waals surface area (Å²) < 4.78 is 157.